The van der Waals surface area contributed by atoms with Crippen molar-refractivity contribution in [1.82, 2.24) is 20.2 Å². The van der Waals surface area contributed by atoms with Crippen molar-refractivity contribution in [3.63, 3.8) is 0 Å². The Balaban J connectivity index is 2.22. The number of nitrogens with two attached hydrogens (primary N) is 1. The molecule has 5 nitrogen and oxygen atoms in total. The second-order valence-electron chi connectivity index (χ2n) is 4.23. The second-order valence-corrected chi connectivity index (χ2v) is 6.28. The van der Waals surface area contributed by atoms with Crippen LogP contribution in [0.4, 0.5) is 5.69 Å². The first-order chi connectivity index (χ1) is 10.1. The SMILES string of the molecule is Nc1ccc(Br)c(-c2nnnn2-c2cccc(Cl)c2Br)c1. The van der Waals surface area contributed by atoms with E-state index in [0.717, 1.165) is 20.2 Å². The van der Waals surface area contributed by atoms with Gasteiger partial charge in [0.25, 0.3) is 0 Å². The summed E-state index contributed by atoms with van der Waals surface area (Å²) in [6, 6.07) is 11.0. The highest BCUT2D eigenvalue weighted by Gasteiger charge is 2.16. The molecule has 3 rings (SSSR count). The smallest absolute Gasteiger partial charge is 0.188 e. The van der Waals surface area contributed by atoms with Gasteiger partial charge in [-0.3, -0.25) is 0 Å². The molecule has 3 aromatic rings. The minimum atomic E-state index is 0.567. The Hall–Kier alpha value is -1.44. The highest BCUT2D eigenvalue weighted by Crippen LogP contribution is 2.33. The zero-order chi connectivity index (χ0) is 15.0. The summed E-state index contributed by atoms with van der Waals surface area (Å²) in [7, 11) is 0. The normalized spacial score (nSPS) is 10.8. The maximum Gasteiger partial charge on any atom is 0.188 e. The van der Waals surface area contributed by atoms with Crippen LogP contribution in [0.25, 0.3) is 17.1 Å². The third-order valence-corrected chi connectivity index (χ3v) is 4.93. The molecule has 8 heteroatoms. The minimum Gasteiger partial charge on any atom is -0.399 e. The third-order valence-electron chi connectivity index (χ3n) is 2.86. The molecule has 21 heavy (non-hydrogen) atoms. The Kier molecular flexibility index (Phi) is 3.97. The average molecular weight is 430 g/mol. The van der Waals surface area contributed by atoms with E-state index in [2.05, 4.69) is 47.4 Å². The first-order valence-corrected chi connectivity index (χ1v) is 7.82. The molecule has 2 N–H and O–H groups in total. The van der Waals surface area contributed by atoms with Crippen LogP contribution in [0.1, 0.15) is 0 Å². The van der Waals surface area contributed by atoms with E-state index in [1.165, 1.54) is 0 Å². The molecule has 106 valence electrons. The lowest BCUT2D eigenvalue weighted by Crippen LogP contribution is -2.02. The Bertz CT molecular complexity index is 802. The molecule has 0 radical (unpaired) electrons. The largest absolute Gasteiger partial charge is 0.399 e. The number of hydrogen-bond donors (Lipinski definition) is 1. The molecule has 1 heterocycles. The first-order valence-electron chi connectivity index (χ1n) is 5.86. The predicted molar refractivity (Wildman–Crippen MR) is 89.4 cm³/mol. The number of nitrogens with zero attached hydrogens (tertiary/aromatic N) is 4. The van der Waals surface area contributed by atoms with Crippen molar-refractivity contribution in [3.05, 3.63) is 50.4 Å². The maximum atomic E-state index is 6.13. The standard InChI is InChI=1S/C13H8Br2ClN5/c14-9-5-4-7(17)6-8(9)13-18-19-20-21(13)11-3-1-2-10(16)12(11)15/h1-6H,17H2. The van der Waals surface area contributed by atoms with Gasteiger partial charge < -0.3 is 5.73 Å². The molecular formula is C13H8Br2ClN5. The molecule has 0 aliphatic carbocycles. The van der Waals surface area contributed by atoms with Crippen LogP contribution < -0.4 is 5.73 Å². The summed E-state index contributed by atoms with van der Waals surface area (Å²) in [4.78, 5) is 0. The second kappa shape index (κ2) is 5.75. The number of anilines is 1. The van der Waals surface area contributed by atoms with Crippen LogP contribution in [-0.2, 0) is 0 Å². The van der Waals surface area contributed by atoms with E-state index in [4.69, 9.17) is 17.3 Å². The Morgan fingerprint density at radius 2 is 1.95 bits per heavy atom. The van der Waals surface area contributed by atoms with Gasteiger partial charge >= 0.3 is 0 Å². The lowest BCUT2D eigenvalue weighted by molar-refractivity contribution is 0.789. The fourth-order valence-corrected chi connectivity index (χ4v) is 2.91. The Labute approximate surface area is 142 Å². The van der Waals surface area contributed by atoms with Gasteiger partial charge in [0, 0.05) is 15.7 Å². The number of tetrazole rings is 1. The van der Waals surface area contributed by atoms with Crippen LogP contribution in [0.2, 0.25) is 5.02 Å². The summed E-state index contributed by atoms with van der Waals surface area (Å²) in [5.74, 6) is 0.567. The molecule has 2 aromatic carbocycles. The highest BCUT2D eigenvalue weighted by molar-refractivity contribution is 9.11. The summed E-state index contributed by atoms with van der Waals surface area (Å²) >= 11 is 13.1. The average Bonchev–Trinajstić information content (AvgIpc) is 2.93. The fraction of sp³-hybridized carbons (Fsp3) is 0. The zero-order valence-corrected chi connectivity index (χ0v) is 14.4. The van der Waals surface area contributed by atoms with Gasteiger partial charge in [0.15, 0.2) is 5.82 Å². The zero-order valence-electron chi connectivity index (χ0n) is 10.5. The monoisotopic (exact) mass is 427 g/mol. The number of hydrogen-bond acceptors (Lipinski definition) is 4. The van der Waals surface area contributed by atoms with Gasteiger partial charge in [-0.15, -0.1) is 5.10 Å². The van der Waals surface area contributed by atoms with E-state index in [1.54, 1.807) is 16.8 Å². The van der Waals surface area contributed by atoms with E-state index in [0.29, 0.717) is 16.5 Å². The van der Waals surface area contributed by atoms with Crippen molar-refractivity contribution in [2.75, 3.05) is 5.73 Å². The number of nitrogen functional groups attached to an aromatic ring is 1. The van der Waals surface area contributed by atoms with Gasteiger partial charge in [0.1, 0.15) is 0 Å². The minimum absolute atomic E-state index is 0.567. The van der Waals surface area contributed by atoms with E-state index in [1.807, 2.05) is 24.3 Å². The van der Waals surface area contributed by atoms with Gasteiger partial charge in [-0.1, -0.05) is 33.6 Å². The van der Waals surface area contributed by atoms with Crippen LogP contribution in [0.15, 0.2) is 45.3 Å². The van der Waals surface area contributed by atoms with Crippen molar-refractivity contribution < 1.29 is 0 Å². The van der Waals surface area contributed by atoms with Crippen molar-refractivity contribution in [2.24, 2.45) is 0 Å². The molecule has 0 aliphatic rings. The van der Waals surface area contributed by atoms with Gasteiger partial charge in [-0.2, -0.15) is 4.68 Å². The maximum absolute atomic E-state index is 6.13. The quantitative estimate of drug-likeness (QED) is 0.623. The van der Waals surface area contributed by atoms with Gasteiger partial charge in [-0.25, -0.2) is 0 Å². The predicted octanol–water partition coefficient (Wildman–Crippen LogP) is 4.09. The van der Waals surface area contributed by atoms with Gasteiger partial charge in [0.2, 0.25) is 0 Å². The number of aromatic nitrogens is 4. The summed E-state index contributed by atoms with van der Waals surface area (Å²) in [5.41, 5.74) is 8.02. The summed E-state index contributed by atoms with van der Waals surface area (Å²) in [5, 5.41) is 12.5. The van der Waals surface area contributed by atoms with Crippen LogP contribution in [0.3, 0.4) is 0 Å². The number of rotatable bonds is 2. The summed E-state index contributed by atoms with van der Waals surface area (Å²) < 4.78 is 3.18. The highest BCUT2D eigenvalue weighted by atomic mass is 79.9. The molecule has 1 aromatic heterocycles. The molecule has 0 saturated carbocycles. The topological polar surface area (TPSA) is 69.6 Å². The van der Waals surface area contributed by atoms with Crippen molar-refractivity contribution in [3.8, 4) is 17.1 Å². The van der Waals surface area contributed by atoms with Crippen molar-refractivity contribution in [1.29, 1.82) is 0 Å². The van der Waals surface area contributed by atoms with Crippen LogP contribution in [-0.4, -0.2) is 20.2 Å². The van der Waals surface area contributed by atoms with E-state index in [9.17, 15) is 0 Å². The lowest BCUT2D eigenvalue weighted by Gasteiger charge is -2.09. The molecule has 0 fully saturated rings. The van der Waals surface area contributed by atoms with Crippen molar-refractivity contribution >= 4 is 49.1 Å². The lowest BCUT2D eigenvalue weighted by atomic mass is 10.2. The molecule has 0 atom stereocenters. The summed E-state index contributed by atoms with van der Waals surface area (Å²) in [6.45, 7) is 0. The first kappa shape index (κ1) is 14.5. The molecular weight excluding hydrogens is 421 g/mol. The van der Waals surface area contributed by atoms with Crippen LogP contribution in [0, 0.1) is 0 Å². The molecule has 0 spiro atoms. The van der Waals surface area contributed by atoms with Gasteiger partial charge in [-0.05, 0) is 56.7 Å². The van der Waals surface area contributed by atoms with E-state index in [-0.39, 0.29) is 0 Å². The molecule has 0 aliphatic heterocycles. The molecule has 0 saturated heterocycles. The molecule has 0 amide bonds. The van der Waals surface area contributed by atoms with E-state index >= 15 is 0 Å². The van der Waals surface area contributed by atoms with E-state index < -0.39 is 0 Å². The third kappa shape index (κ3) is 2.68. The molecule has 0 bridgehead atoms. The Morgan fingerprint density at radius 1 is 1.14 bits per heavy atom. The Morgan fingerprint density at radius 3 is 2.76 bits per heavy atom. The number of benzene rings is 2. The van der Waals surface area contributed by atoms with Crippen LogP contribution >= 0.6 is 43.5 Å². The fourth-order valence-electron chi connectivity index (χ4n) is 1.89. The summed E-state index contributed by atoms with van der Waals surface area (Å²) in [6.07, 6.45) is 0. The van der Waals surface area contributed by atoms with Crippen LogP contribution in [0.5, 0.6) is 0 Å². The van der Waals surface area contributed by atoms with Gasteiger partial charge in [0.05, 0.1) is 15.2 Å². The molecule has 0 unspecified atom stereocenters. The number of halogens is 3. The van der Waals surface area contributed by atoms with Crippen molar-refractivity contribution in [2.45, 2.75) is 0 Å².